The van der Waals surface area contributed by atoms with E-state index in [-0.39, 0.29) is 18.6 Å². The van der Waals surface area contributed by atoms with Crippen LogP contribution in [-0.4, -0.2) is 18.2 Å². The lowest BCUT2D eigenvalue weighted by Crippen LogP contribution is -2.14. The van der Waals surface area contributed by atoms with Crippen LogP contribution in [-0.2, 0) is 12.6 Å². The van der Waals surface area contributed by atoms with Gasteiger partial charge in [0.2, 0.25) is 0 Å². The highest BCUT2D eigenvalue weighted by atomic mass is 19.4. The molecule has 1 aliphatic rings. The summed E-state index contributed by atoms with van der Waals surface area (Å²) >= 11 is 0. The van der Waals surface area contributed by atoms with Gasteiger partial charge in [0.1, 0.15) is 5.75 Å². The molecule has 26 heavy (non-hydrogen) atoms. The summed E-state index contributed by atoms with van der Waals surface area (Å²) in [6, 6.07) is 9.73. The van der Waals surface area contributed by atoms with E-state index in [1.54, 1.807) is 18.2 Å². The van der Waals surface area contributed by atoms with Gasteiger partial charge in [0.25, 0.3) is 0 Å². The summed E-state index contributed by atoms with van der Waals surface area (Å²) < 4.78 is 44.5. The van der Waals surface area contributed by atoms with Gasteiger partial charge in [0.05, 0.1) is 12.2 Å². The van der Waals surface area contributed by atoms with Crippen LogP contribution in [0.25, 0.3) is 0 Å². The molecule has 0 radical (unpaired) electrons. The van der Waals surface area contributed by atoms with Crippen molar-refractivity contribution < 1.29 is 27.5 Å². The first-order valence-electron chi connectivity index (χ1n) is 8.34. The predicted molar refractivity (Wildman–Crippen MR) is 89.6 cm³/mol. The molecule has 0 unspecified atom stereocenters. The summed E-state index contributed by atoms with van der Waals surface area (Å²) in [7, 11) is 0. The molecule has 1 aliphatic heterocycles. The van der Waals surface area contributed by atoms with Crippen LogP contribution < -0.4 is 4.74 Å². The largest absolute Gasteiger partial charge is 0.493 e. The van der Waals surface area contributed by atoms with Crippen LogP contribution in [0.3, 0.4) is 0 Å². The average molecular weight is 362 g/mol. The summed E-state index contributed by atoms with van der Waals surface area (Å²) in [4.78, 5) is 24.5. The molecule has 0 saturated carbocycles. The van der Waals surface area contributed by atoms with E-state index in [1.807, 2.05) is 0 Å². The number of ether oxygens (including phenoxy) is 1. The van der Waals surface area contributed by atoms with E-state index in [0.717, 1.165) is 36.3 Å². The summed E-state index contributed by atoms with van der Waals surface area (Å²) in [5.41, 5.74) is 0.0250. The fourth-order valence-corrected chi connectivity index (χ4v) is 3.01. The molecule has 0 amide bonds. The molecule has 136 valence electrons. The van der Waals surface area contributed by atoms with Crippen molar-refractivity contribution in [2.45, 2.75) is 31.9 Å². The van der Waals surface area contributed by atoms with Crippen LogP contribution in [0.2, 0.25) is 0 Å². The van der Waals surface area contributed by atoms with Crippen molar-refractivity contribution in [2.75, 3.05) is 6.61 Å². The number of carbonyl (C=O) groups is 2. The van der Waals surface area contributed by atoms with Gasteiger partial charge in [-0.1, -0.05) is 18.2 Å². The van der Waals surface area contributed by atoms with Gasteiger partial charge in [-0.25, -0.2) is 0 Å². The lowest BCUT2D eigenvalue weighted by atomic mass is 9.96. The minimum Gasteiger partial charge on any atom is -0.493 e. The van der Waals surface area contributed by atoms with Crippen LogP contribution in [0.5, 0.6) is 5.75 Å². The second-order valence-corrected chi connectivity index (χ2v) is 6.16. The molecule has 0 spiro atoms. The van der Waals surface area contributed by atoms with E-state index in [1.165, 1.54) is 12.1 Å². The molecule has 0 fully saturated rings. The molecule has 0 atom stereocenters. The summed E-state index contributed by atoms with van der Waals surface area (Å²) in [6.45, 7) is 0.646. The smallest absolute Gasteiger partial charge is 0.417 e. The van der Waals surface area contributed by atoms with Gasteiger partial charge < -0.3 is 4.74 Å². The fraction of sp³-hybridized carbons (Fsp3) is 0.300. The van der Waals surface area contributed by atoms with Gasteiger partial charge >= 0.3 is 6.18 Å². The number of ketones is 2. The minimum absolute atomic E-state index is 0.134. The highest BCUT2D eigenvalue weighted by molar-refractivity contribution is 6.03. The van der Waals surface area contributed by atoms with Gasteiger partial charge in [-0.05, 0) is 42.7 Å². The number of halogens is 3. The first kappa shape index (κ1) is 18.2. The van der Waals surface area contributed by atoms with Crippen LogP contribution in [0.1, 0.15) is 51.1 Å². The number of aryl methyl sites for hydroxylation is 1. The van der Waals surface area contributed by atoms with Crippen molar-refractivity contribution in [3.63, 3.8) is 0 Å². The zero-order valence-electron chi connectivity index (χ0n) is 13.9. The molecule has 0 aliphatic carbocycles. The molecule has 6 heteroatoms. The molecule has 2 aromatic rings. The monoisotopic (exact) mass is 362 g/mol. The van der Waals surface area contributed by atoms with E-state index < -0.39 is 23.1 Å². The topological polar surface area (TPSA) is 43.4 Å². The number of fused-ring (bicyclic) bond motifs is 1. The van der Waals surface area contributed by atoms with Crippen LogP contribution in [0.4, 0.5) is 13.2 Å². The Hall–Kier alpha value is -2.63. The van der Waals surface area contributed by atoms with E-state index >= 15 is 0 Å². The normalized spacial score (nSPS) is 13.7. The van der Waals surface area contributed by atoms with Gasteiger partial charge in [0.15, 0.2) is 11.6 Å². The first-order valence-corrected chi connectivity index (χ1v) is 8.34. The molecular formula is C20H17F3O3. The Morgan fingerprint density at radius 1 is 1.00 bits per heavy atom. The van der Waals surface area contributed by atoms with Crippen molar-refractivity contribution in [2.24, 2.45) is 0 Å². The summed E-state index contributed by atoms with van der Waals surface area (Å²) in [5.74, 6) is -0.202. The lowest BCUT2D eigenvalue weighted by molar-refractivity contribution is -0.137. The Morgan fingerprint density at radius 3 is 2.50 bits per heavy atom. The average Bonchev–Trinajstić information content (AvgIpc) is 2.64. The summed E-state index contributed by atoms with van der Waals surface area (Å²) in [6.07, 6.45) is -3.31. The number of alkyl halides is 3. The van der Waals surface area contributed by atoms with Gasteiger partial charge in [0, 0.05) is 24.0 Å². The Labute approximate surface area is 148 Å². The summed E-state index contributed by atoms with van der Waals surface area (Å²) in [5, 5.41) is 0. The molecule has 3 rings (SSSR count). The maximum atomic E-state index is 13.0. The molecule has 0 saturated heterocycles. The number of carbonyl (C=O) groups excluding carboxylic acids is 2. The van der Waals surface area contributed by atoms with E-state index in [2.05, 4.69) is 0 Å². The fourth-order valence-electron chi connectivity index (χ4n) is 3.01. The molecule has 2 aromatic carbocycles. The lowest BCUT2D eigenvalue weighted by Gasteiger charge is -2.17. The SMILES string of the molecule is O=C(CCC(=O)c1ccccc1C(F)(F)F)c1ccc2c(c1)CCCO2. The Bertz CT molecular complexity index is 840. The second kappa shape index (κ2) is 7.32. The highest BCUT2D eigenvalue weighted by Gasteiger charge is 2.34. The third-order valence-corrected chi connectivity index (χ3v) is 4.34. The third-order valence-electron chi connectivity index (χ3n) is 4.34. The molecule has 0 N–H and O–H groups in total. The Balaban J connectivity index is 1.70. The van der Waals surface area contributed by atoms with Gasteiger partial charge in [-0.15, -0.1) is 0 Å². The Kier molecular flexibility index (Phi) is 5.11. The maximum absolute atomic E-state index is 13.0. The number of rotatable bonds is 5. The second-order valence-electron chi connectivity index (χ2n) is 6.16. The molecular weight excluding hydrogens is 345 g/mol. The van der Waals surface area contributed by atoms with Crippen molar-refractivity contribution in [1.29, 1.82) is 0 Å². The Morgan fingerprint density at radius 2 is 1.73 bits per heavy atom. The van der Waals surface area contributed by atoms with Crippen molar-refractivity contribution in [3.8, 4) is 5.75 Å². The van der Waals surface area contributed by atoms with Gasteiger partial charge in [-0.3, -0.25) is 9.59 Å². The van der Waals surface area contributed by atoms with Crippen molar-refractivity contribution >= 4 is 11.6 Å². The number of hydrogen-bond donors (Lipinski definition) is 0. The highest BCUT2D eigenvalue weighted by Crippen LogP contribution is 2.32. The van der Waals surface area contributed by atoms with Crippen molar-refractivity contribution in [3.05, 3.63) is 64.7 Å². The zero-order valence-corrected chi connectivity index (χ0v) is 13.9. The maximum Gasteiger partial charge on any atom is 0.417 e. The van der Waals surface area contributed by atoms with Crippen LogP contribution in [0.15, 0.2) is 42.5 Å². The number of hydrogen-bond acceptors (Lipinski definition) is 3. The molecule has 0 bridgehead atoms. The number of Topliss-reactive ketones (excluding diaryl/α,β-unsaturated/α-hetero) is 2. The molecule has 0 aromatic heterocycles. The molecule has 1 heterocycles. The van der Waals surface area contributed by atoms with E-state index in [0.29, 0.717) is 12.2 Å². The standard InChI is InChI=1S/C20H17F3O3/c21-20(22,23)16-6-2-1-5-15(16)18(25)9-8-17(24)13-7-10-19-14(12-13)4-3-11-26-19/h1-2,5-7,10,12H,3-4,8-9,11H2. The predicted octanol–water partition coefficient (Wildman–Crippen LogP) is 4.88. The van der Waals surface area contributed by atoms with E-state index in [9.17, 15) is 22.8 Å². The third kappa shape index (κ3) is 3.95. The van der Waals surface area contributed by atoms with Crippen LogP contribution in [0, 0.1) is 0 Å². The zero-order chi connectivity index (χ0) is 18.7. The number of benzene rings is 2. The first-order chi connectivity index (χ1) is 12.4. The molecule has 3 nitrogen and oxygen atoms in total. The van der Waals surface area contributed by atoms with E-state index in [4.69, 9.17) is 4.74 Å². The minimum atomic E-state index is -4.60. The van der Waals surface area contributed by atoms with Gasteiger partial charge in [-0.2, -0.15) is 13.2 Å². The quantitative estimate of drug-likeness (QED) is 0.712. The van der Waals surface area contributed by atoms with Crippen LogP contribution >= 0.6 is 0 Å². The van der Waals surface area contributed by atoms with Crippen molar-refractivity contribution in [1.82, 2.24) is 0 Å².